The van der Waals surface area contributed by atoms with Crippen LogP contribution in [0.3, 0.4) is 0 Å². The first-order valence-electron chi connectivity index (χ1n) is 5.66. The molecule has 0 spiro atoms. The van der Waals surface area contributed by atoms with Gasteiger partial charge in [-0.25, -0.2) is 0 Å². The Kier molecular flexibility index (Phi) is 2.26. The van der Waals surface area contributed by atoms with E-state index in [9.17, 15) is 0 Å². The number of ether oxygens (including phenoxy) is 2. The molecule has 2 heterocycles. The van der Waals surface area contributed by atoms with E-state index in [4.69, 9.17) is 9.47 Å². The van der Waals surface area contributed by atoms with Gasteiger partial charge in [-0.2, -0.15) is 0 Å². The Morgan fingerprint density at radius 3 is 2.73 bits per heavy atom. The minimum Gasteiger partial charge on any atom is -0.375 e. The van der Waals surface area contributed by atoms with Crippen LogP contribution in [0.25, 0.3) is 0 Å². The molecule has 0 N–H and O–H groups in total. The van der Waals surface area contributed by atoms with Gasteiger partial charge in [0.15, 0.2) is 0 Å². The average molecular weight is 204 g/mol. The highest BCUT2D eigenvalue weighted by atomic mass is 16.6. The second-order valence-electron chi connectivity index (χ2n) is 4.52. The van der Waals surface area contributed by atoms with Crippen LogP contribution in [-0.4, -0.2) is 24.9 Å². The van der Waals surface area contributed by atoms with Gasteiger partial charge in [0, 0.05) is 12.3 Å². The van der Waals surface area contributed by atoms with E-state index in [0.29, 0.717) is 24.2 Å². The van der Waals surface area contributed by atoms with Gasteiger partial charge in [-0.05, 0) is 5.56 Å². The number of hydrogen-bond acceptors (Lipinski definition) is 2. The van der Waals surface area contributed by atoms with Crippen molar-refractivity contribution in [2.24, 2.45) is 0 Å². The van der Waals surface area contributed by atoms with Crippen LogP contribution >= 0.6 is 0 Å². The maximum Gasteiger partial charge on any atom is 0.108 e. The van der Waals surface area contributed by atoms with E-state index in [-0.39, 0.29) is 0 Å². The second-order valence-corrected chi connectivity index (χ2v) is 4.52. The van der Waals surface area contributed by atoms with Crippen LogP contribution in [0.1, 0.15) is 24.8 Å². The SMILES string of the molecule is C[C@H](c1ccccc1)[C@@H]1CC2O[C@H]2CO1. The zero-order valence-corrected chi connectivity index (χ0v) is 8.93. The van der Waals surface area contributed by atoms with Crippen LogP contribution in [0.4, 0.5) is 0 Å². The maximum atomic E-state index is 5.82. The van der Waals surface area contributed by atoms with Crippen LogP contribution in [0.15, 0.2) is 30.3 Å². The molecule has 2 heteroatoms. The van der Waals surface area contributed by atoms with Crippen LogP contribution in [-0.2, 0) is 9.47 Å². The predicted octanol–water partition coefficient (Wildman–Crippen LogP) is 2.35. The summed E-state index contributed by atoms with van der Waals surface area (Å²) >= 11 is 0. The van der Waals surface area contributed by atoms with Crippen LogP contribution < -0.4 is 0 Å². The Labute approximate surface area is 90.2 Å². The molecule has 2 fully saturated rings. The fourth-order valence-electron chi connectivity index (χ4n) is 2.37. The van der Waals surface area contributed by atoms with E-state index >= 15 is 0 Å². The molecule has 0 aromatic heterocycles. The molecule has 15 heavy (non-hydrogen) atoms. The highest BCUT2D eigenvalue weighted by molar-refractivity contribution is 5.20. The van der Waals surface area contributed by atoms with Crippen molar-refractivity contribution in [3.05, 3.63) is 35.9 Å². The molecule has 0 saturated carbocycles. The van der Waals surface area contributed by atoms with Gasteiger partial charge in [-0.3, -0.25) is 0 Å². The number of benzene rings is 1. The molecule has 80 valence electrons. The molecule has 0 aliphatic carbocycles. The van der Waals surface area contributed by atoms with Crippen LogP contribution in [0.5, 0.6) is 0 Å². The average Bonchev–Trinajstić information content (AvgIpc) is 3.07. The Balaban J connectivity index is 1.71. The summed E-state index contributed by atoms with van der Waals surface area (Å²) in [5.74, 6) is 0.469. The van der Waals surface area contributed by atoms with E-state index in [1.54, 1.807) is 0 Å². The summed E-state index contributed by atoms with van der Waals surface area (Å²) in [6.45, 7) is 3.02. The van der Waals surface area contributed by atoms with E-state index in [1.807, 2.05) is 0 Å². The highest BCUT2D eigenvalue weighted by Gasteiger charge is 2.46. The largest absolute Gasteiger partial charge is 0.375 e. The Morgan fingerprint density at radius 2 is 2.00 bits per heavy atom. The van der Waals surface area contributed by atoms with Crippen molar-refractivity contribution < 1.29 is 9.47 Å². The minimum absolute atomic E-state index is 0.330. The van der Waals surface area contributed by atoms with Crippen molar-refractivity contribution in [2.75, 3.05) is 6.61 Å². The summed E-state index contributed by atoms with van der Waals surface area (Å²) in [7, 11) is 0. The van der Waals surface area contributed by atoms with Crippen LogP contribution in [0.2, 0.25) is 0 Å². The second kappa shape index (κ2) is 3.62. The molecule has 4 atom stereocenters. The number of fused-ring (bicyclic) bond motifs is 1. The molecule has 0 bridgehead atoms. The molecule has 2 aliphatic heterocycles. The van der Waals surface area contributed by atoms with Gasteiger partial charge in [0.1, 0.15) is 6.10 Å². The predicted molar refractivity (Wildman–Crippen MR) is 57.9 cm³/mol. The first-order valence-corrected chi connectivity index (χ1v) is 5.66. The highest BCUT2D eigenvalue weighted by Crippen LogP contribution is 2.37. The van der Waals surface area contributed by atoms with Gasteiger partial charge in [0.2, 0.25) is 0 Å². The minimum atomic E-state index is 0.330. The Hall–Kier alpha value is -0.860. The lowest BCUT2D eigenvalue weighted by Crippen LogP contribution is -2.29. The molecular formula is C13H16O2. The lowest BCUT2D eigenvalue weighted by molar-refractivity contribution is 0.0156. The molecule has 1 aromatic rings. The number of rotatable bonds is 2. The van der Waals surface area contributed by atoms with Crippen molar-refractivity contribution in [3.8, 4) is 0 Å². The standard InChI is InChI=1S/C13H16O2/c1-9(10-5-3-2-4-6-10)11-7-12-13(15-12)8-14-11/h2-6,9,11-13H,7-8H2,1H3/t9-,11+,12?,13+/m1/s1. The molecule has 2 nitrogen and oxygen atoms in total. The van der Waals surface area contributed by atoms with E-state index < -0.39 is 0 Å². The van der Waals surface area contributed by atoms with Gasteiger partial charge in [0.25, 0.3) is 0 Å². The maximum absolute atomic E-state index is 5.82. The molecule has 1 aromatic carbocycles. The Bertz CT molecular complexity index is 336. The fourth-order valence-corrected chi connectivity index (χ4v) is 2.37. The van der Waals surface area contributed by atoms with Gasteiger partial charge in [0.05, 0.1) is 18.8 Å². The third-order valence-electron chi connectivity index (χ3n) is 3.51. The summed E-state index contributed by atoms with van der Waals surface area (Å²) in [4.78, 5) is 0. The third kappa shape index (κ3) is 1.80. The lowest BCUT2D eigenvalue weighted by atomic mass is 9.91. The summed E-state index contributed by atoms with van der Waals surface area (Å²) in [5, 5.41) is 0. The van der Waals surface area contributed by atoms with Gasteiger partial charge in [-0.1, -0.05) is 37.3 Å². The van der Waals surface area contributed by atoms with Gasteiger partial charge < -0.3 is 9.47 Å². The molecule has 2 aliphatic rings. The molecular weight excluding hydrogens is 188 g/mol. The summed E-state index contributed by atoms with van der Waals surface area (Å²) in [6.07, 6.45) is 2.27. The molecule has 3 rings (SSSR count). The van der Waals surface area contributed by atoms with Crippen molar-refractivity contribution in [1.82, 2.24) is 0 Å². The summed E-state index contributed by atoms with van der Waals surface area (Å²) < 4.78 is 11.3. The zero-order valence-electron chi connectivity index (χ0n) is 8.93. The lowest BCUT2D eigenvalue weighted by Gasteiger charge is -2.26. The normalized spacial score (nSPS) is 35.7. The first-order chi connectivity index (χ1) is 7.34. The first kappa shape index (κ1) is 9.37. The summed E-state index contributed by atoms with van der Waals surface area (Å²) in [6, 6.07) is 10.6. The molecule has 0 amide bonds. The summed E-state index contributed by atoms with van der Waals surface area (Å²) in [5.41, 5.74) is 1.36. The van der Waals surface area contributed by atoms with Crippen molar-refractivity contribution in [1.29, 1.82) is 0 Å². The fraction of sp³-hybridized carbons (Fsp3) is 0.538. The molecule has 0 radical (unpaired) electrons. The number of hydrogen-bond donors (Lipinski definition) is 0. The molecule has 2 saturated heterocycles. The van der Waals surface area contributed by atoms with Crippen molar-refractivity contribution in [3.63, 3.8) is 0 Å². The van der Waals surface area contributed by atoms with Crippen molar-refractivity contribution in [2.45, 2.75) is 37.6 Å². The quantitative estimate of drug-likeness (QED) is 0.690. The third-order valence-corrected chi connectivity index (χ3v) is 3.51. The number of epoxide rings is 1. The molecule has 1 unspecified atom stereocenters. The van der Waals surface area contributed by atoms with Gasteiger partial charge >= 0.3 is 0 Å². The van der Waals surface area contributed by atoms with Gasteiger partial charge in [-0.15, -0.1) is 0 Å². The van der Waals surface area contributed by atoms with Crippen LogP contribution in [0, 0.1) is 0 Å². The topological polar surface area (TPSA) is 21.8 Å². The Morgan fingerprint density at radius 1 is 1.20 bits per heavy atom. The smallest absolute Gasteiger partial charge is 0.108 e. The van der Waals surface area contributed by atoms with E-state index in [2.05, 4.69) is 37.3 Å². The zero-order chi connectivity index (χ0) is 10.3. The van der Waals surface area contributed by atoms with E-state index in [1.165, 1.54) is 5.56 Å². The monoisotopic (exact) mass is 204 g/mol. The van der Waals surface area contributed by atoms with Crippen molar-refractivity contribution >= 4 is 0 Å². The van der Waals surface area contributed by atoms with E-state index in [0.717, 1.165) is 13.0 Å².